The summed E-state index contributed by atoms with van der Waals surface area (Å²) < 4.78 is 11.6. The largest absolute Gasteiger partial charge is 0.484 e. The molecule has 170 valence electrons. The molecule has 1 aliphatic heterocycles. The van der Waals surface area contributed by atoms with Crippen LogP contribution in [0.3, 0.4) is 0 Å². The Morgan fingerprint density at radius 1 is 1.09 bits per heavy atom. The number of benzene rings is 1. The molecular weight excluding hydrogens is 416 g/mol. The molecule has 3 aromatic rings. The van der Waals surface area contributed by atoms with E-state index in [4.69, 9.17) is 14.5 Å². The second-order valence-corrected chi connectivity index (χ2v) is 9.06. The van der Waals surface area contributed by atoms with Gasteiger partial charge in [-0.15, -0.1) is 0 Å². The molecule has 1 saturated carbocycles. The van der Waals surface area contributed by atoms with Crippen molar-refractivity contribution < 1.29 is 19.4 Å². The van der Waals surface area contributed by atoms with Gasteiger partial charge in [-0.05, 0) is 72.4 Å². The molecule has 3 atom stereocenters. The number of carboxylic acid groups (broad SMARTS) is 1. The molecule has 0 bridgehead atoms. The predicted molar refractivity (Wildman–Crippen MR) is 124 cm³/mol. The molecule has 1 aliphatic carbocycles. The maximum atomic E-state index is 11.7. The van der Waals surface area contributed by atoms with E-state index in [1.807, 2.05) is 37.4 Å². The molecular formula is C27H28N2O4. The van der Waals surface area contributed by atoms with Crippen molar-refractivity contribution in [3.05, 3.63) is 71.7 Å². The van der Waals surface area contributed by atoms with Gasteiger partial charge in [-0.2, -0.15) is 0 Å². The zero-order valence-corrected chi connectivity index (χ0v) is 18.9. The maximum Gasteiger partial charge on any atom is 0.306 e. The smallest absolute Gasteiger partial charge is 0.306 e. The number of carbonyl (C=O) groups is 1. The van der Waals surface area contributed by atoms with Gasteiger partial charge in [0.05, 0.1) is 18.7 Å². The minimum Gasteiger partial charge on any atom is -0.484 e. The van der Waals surface area contributed by atoms with Crippen LogP contribution in [0.15, 0.2) is 54.9 Å². The van der Waals surface area contributed by atoms with E-state index in [1.54, 1.807) is 13.3 Å². The molecule has 1 N–H and O–H groups in total. The minimum atomic E-state index is -0.737. The van der Waals surface area contributed by atoms with Crippen LogP contribution < -0.4 is 9.47 Å². The lowest BCUT2D eigenvalue weighted by Crippen LogP contribution is -2.21. The first-order chi connectivity index (χ1) is 16.0. The number of nitrogens with zero attached hydrogens (tertiary/aromatic N) is 2. The minimum absolute atomic E-state index is 0.0338. The molecule has 0 spiro atoms. The summed E-state index contributed by atoms with van der Waals surface area (Å²) in [6.45, 7) is 1.82. The number of aliphatic carboxylic acids is 1. The summed E-state index contributed by atoms with van der Waals surface area (Å²) >= 11 is 0. The quantitative estimate of drug-likeness (QED) is 0.523. The topological polar surface area (TPSA) is 81.5 Å². The van der Waals surface area contributed by atoms with Gasteiger partial charge in [0.25, 0.3) is 0 Å². The summed E-state index contributed by atoms with van der Waals surface area (Å²) in [6.07, 6.45) is 7.43. The molecule has 1 unspecified atom stereocenters. The second-order valence-electron chi connectivity index (χ2n) is 9.06. The van der Waals surface area contributed by atoms with Crippen LogP contribution in [0.1, 0.15) is 55.0 Å². The first-order valence-electron chi connectivity index (χ1n) is 11.5. The Morgan fingerprint density at radius 2 is 1.94 bits per heavy atom. The highest BCUT2D eigenvalue weighted by Crippen LogP contribution is 2.48. The standard InChI is InChI=1S/C27H28N2O4/c1-16(27(30)31)26(18-4-5-18)20-6-3-17-8-10-23(33-24(17)13-20)22-9-7-21(15-29-22)19-11-12-28-25(14-19)32-2/h3,6-7,9,11-16,18,23,26H,4-5,8,10H2,1-2H3,(H,30,31)/t16-,23?,26-/m0/s1. The van der Waals surface area contributed by atoms with Crippen LogP contribution in [0.4, 0.5) is 0 Å². The lowest BCUT2D eigenvalue weighted by Gasteiger charge is -2.28. The van der Waals surface area contributed by atoms with Gasteiger partial charge in [0.15, 0.2) is 0 Å². The Hall–Kier alpha value is -3.41. The van der Waals surface area contributed by atoms with Gasteiger partial charge < -0.3 is 14.6 Å². The second kappa shape index (κ2) is 8.85. The van der Waals surface area contributed by atoms with E-state index in [0.29, 0.717) is 11.8 Å². The molecule has 3 heterocycles. The van der Waals surface area contributed by atoms with E-state index < -0.39 is 11.9 Å². The highest BCUT2D eigenvalue weighted by Gasteiger charge is 2.39. The van der Waals surface area contributed by atoms with Crippen LogP contribution in [-0.2, 0) is 11.2 Å². The molecule has 1 aromatic carbocycles. The van der Waals surface area contributed by atoms with Crippen LogP contribution in [0.2, 0.25) is 0 Å². The third-order valence-electron chi connectivity index (χ3n) is 6.87. The molecule has 1 fully saturated rings. The van der Waals surface area contributed by atoms with E-state index in [-0.39, 0.29) is 12.0 Å². The third kappa shape index (κ3) is 4.42. The number of hydrogen-bond acceptors (Lipinski definition) is 5. The van der Waals surface area contributed by atoms with Gasteiger partial charge in [-0.3, -0.25) is 9.78 Å². The fourth-order valence-corrected chi connectivity index (χ4v) is 4.85. The van der Waals surface area contributed by atoms with Crippen molar-refractivity contribution in [2.24, 2.45) is 11.8 Å². The van der Waals surface area contributed by atoms with Crippen molar-refractivity contribution in [2.75, 3.05) is 7.11 Å². The predicted octanol–water partition coefficient (Wildman–Crippen LogP) is 5.43. The van der Waals surface area contributed by atoms with Gasteiger partial charge in [0, 0.05) is 24.0 Å². The number of fused-ring (bicyclic) bond motifs is 1. The molecule has 2 aliphatic rings. The molecule has 0 radical (unpaired) electrons. The van der Waals surface area contributed by atoms with Crippen LogP contribution in [-0.4, -0.2) is 28.2 Å². The summed E-state index contributed by atoms with van der Waals surface area (Å²) in [5.74, 6) is 0.773. The molecule has 0 amide bonds. The lowest BCUT2D eigenvalue weighted by molar-refractivity contribution is -0.142. The van der Waals surface area contributed by atoms with E-state index in [0.717, 1.165) is 53.8 Å². The zero-order chi connectivity index (χ0) is 22.9. The number of pyridine rings is 2. The Labute approximate surface area is 193 Å². The van der Waals surface area contributed by atoms with Crippen LogP contribution in [0.25, 0.3) is 11.1 Å². The normalized spacial score (nSPS) is 19.2. The number of aryl methyl sites for hydroxylation is 1. The van der Waals surface area contributed by atoms with Gasteiger partial charge in [-0.1, -0.05) is 25.1 Å². The molecule has 5 rings (SSSR count). The lowest BCUT2D eigenvalue weighted by atomic mass is 9.82. The van der Waals surface area contributed by atoms with Crippen LogP contribution in [0.5, 0.6) is 11.6 Å². The average molecular weight is 445 g/mol. The fraction of sp³-hybridized carbons (Fsp3) is 0.370. The Balaban J connectivity index is 1.36. The number of carboxylic acids is 1. The number of rotatable bonds is 7. The summed E-state index contributed by atoms with van der Waals surface area (Å²) in [5, 5.41) is 9.60. The van der Waals surface area contributed by atoms with E-state index in [2.05, 4.69) is 23.2 Å². The Bertz CT molecular complexity index is 1160. The van der Waals surface area contributed by atoms with E-state index in [1.165, 1.54) is 5.56 Å². The van der Waals surface area contributed by atoms with Gasteiger partial charge in [-0.25, -0.2) is 4.98 Å². The van der Waals surface area contributed by atoms with E-state index in [9.17, 15) is 9.90 Å². The van der Waals surface area contributed by atoms with Crippen molar-refractivity contribution >= 4 is 5.97 Å². The van der Waals surface area contributed by atoms with Crippen molar-refractivity contribution in [2.45, 2.75) is 44.6 Å². The van der Waals surface area contributed by atoms with Crippen molar-refractivity contribution in [1.29, 1.82) is 0 Å². The van der Waals surface area contributed by atoms with Gasteiger partial charge in [0.2, 0.25) is 5.88 Å². The summed E-state index contributed by atoms with van der Waals surface area (Å²) in [4.78, 5) is 20.5. The number of hydrogen-bond donors (Lipinski definition) is 1. The molecule has 2 aromatic heterocycles. The SMILES string of the molecule is COc1cc(-c2ccc(C3CCc4ccc([C@H](C5CC5)[C@H](C)C(=O)O)cc4O3)nc2)ccn1. The molecule has 0 saturated heterocycles. The summed E-state index contributed by atoms with van der Waals surface area (Å²) in [5.41, 5.74) is 5.13. The molecule has 6 heteroatoms. The third-order valence-corrected chi connectivity index (χ3v) is 6.87. The first kappa shape index (κ1) is 21.4. The zero-order valence-electron chi connectivity index (χ0n) is 18.9. The number of aromatic nitrogens is 2. The van der Waals surface area contributed by atoms with Crippen molar-refractivity contribution in [1.82, 2.24) is 9.97 Å². The number of ether oxygens (including phenoxy) is 2. The Morgan fingerprint density at radius 3 is 2.64 bits per heavy atom. The average Bonchev–Trinajstić information content (AvgIpc) is 3.69. The summed E-state index contributed by atoms with van der Waals surface area (Å²) in [6, 6.07) is 14.2. The van der Waals surface area contributed by atoms with Crippen molar-refractivity contribution in [3.8, 4) is 22.8 Å². The van der Waals surface area contributed by atoms with E-state index >= 15 is 0 Å². The fourth-order valence-electron chi connectivity index (χ4n) is 4.85. The first-order valence-corrected chi connectivity index (χ1v) is 11.5. The van der Waals surface area contributed by atoms with Crippen LogP contribution in [0, 0.1) is 11.8 Å². The summed E-state index contributed by atoms with van der Waals surface area (Å²) in [7, 11) is 1.60. The molecule has 33 heavy (non-hydrogen) atoms. The highest BCUT2D eigenvalue weighted by atomic mass is 16.5. The van der Waals surface area contributed by atoms with Crippen LogP contribution >= 0.6 is 0 Å². The number of methoxy groups -OCH3 is 1. The van der Waals surface area contributed by atoms with Gasteiger partial charge in [0.1, 0.15) is 11.9 Å². The monoisotopic (exact) mass is 444 g/mol. The maximum absolute atomic E-state index is 11.7. The molecule has 6 nitrogen and oxygen atoms in total. The Kier molecular flexibility index (Phi) is 5.75. The highest BCUT2D eigenvalue weighted by molar-refractivity contribution is 5.71. The van der Waals surface area contributed by atoms with Gasteiger partial charge >= 0.3 is 5.97 Å². The van der Waals surface area contributed by atoms with Crippen molar-refractivity contribution in [3.63, 3.8) is 0 Å².